The fourth-order valence-corrected chi connectivity index (χ4v) is 2.82. The summed E-state index contributed by atoms with van der Waals surface area (Å²) in [5.74, 6) is 1.37. The molecule has 6 heteroatoms. The summed E-state index contributed by atoms with van der Waals surface area (Å²) >= 11 is 0. The van der Waals surface area contributed by atoms with Gasteiger partial charge in [0.1, 0.15) is 23.9 Å². The number of hydrogen-bond acceptors (Lipinski definition) is 5. The Hall–Kier alpha value is -3.28. The normalized spacial score (nSPS) is 10.5. The summed E-state index contributed by atoms with van der Waals surface area (Å²) < 4.78 is 18.0. The molecular weight excluding hydrogens is 344 g/mol. The first kappa shape index (κ1) is 18.5. The second-order valence-corrected chi connectivity index (χ2v) is 6.04. The maximum absolute atomic E-state index is 12.5. The number of aromatic nitrogens is 2. The summed E-state index contributed by atoms with van der Waals surface area (Å²) in [5.41, 5.74) is 2.35. The molecule has 0 radical (unpaired) electrons. The van der Waals surface area contributed by atoms with Crippen LogP contribution in [0.15, 0.2) is 54.9 Å². The second-order valence-electron chi connectivity index (χ2n) is 6.04. The summed E-state index contributed by atoms with van der Waals surface area (Å²) in [6.07, 6.45) is 3.57. The molecule has 6 nitrogen and oxygen atoms in total. The first-order valence-electron chi connectivity index (χ1n) is 8.56. The Balaban J connectivity index is 1.71. The summed E-state index contributed by atoms with van der Waals surface area (Å²) in [6.45, 7) is 2.62. The van der Waals surface area contributed by atoms with Crippen molar-refractivity contribution in [1.82, 2.24) is 9.55 Å². The third kappa shape index (κ3) is 4.28. The SMILES string of the molecule is COc1cc(C(=O)OCc2nccn2Cc2ccccc2)cc(OC)c1C. The Morgan fingerprint density at radius 3 is 2.37 bits per heavy atom. The van der Waals surface area contributed by atoms with Crippen LogP contribution in [-0.4, -0.2) is 29.7 Å². The number of ether oxygens (including phenoxy) is 3. The summed E-state index contributed by atoms with van der Waals surface area (Å²) in [7, 11) is 3.11. The zero-order chi connectivity index (χ0) is 19.2. The molecule has 1 aromatic heterocycles. The van der Waals surface area contributed by atoms with Crippen LogP contribution in [0.5, 0.6) is 11.5 Å². The third-order valence-electron chi connectivity index (χ3n) is 4.32. The lowest BCUT2D eigenvalue weighted by Gasteiger charge is -2.13. The van der Waals surface area contributed by atoms with Gasteiger partial charge < -0.3 is 18.8 Å². The molecule has 0 unspecified atom stereocenters. The van der Waals surface area contributed by atoms with E-state index in [4.69, 9.17) is 14.2 Å². The van der Waals surface area contributed by atoms with Crippen molar-refractivity contribution < 1.29 is 19.0 Å². The fraction of sp³-hybridized carbons (Fsp3) is 0.238. The molecular formula is C21H22N2O4. The fourth-order valence-electron chi connectivity index (χ4n) is 2.82. The Morgan fingerprint density at radius 2 is 1.74 bits per heavy atom. The van der Waals surface area contributed by atoms with Gasteiger partial charge in [0.2, 0.25) is 0 Å². The monoisotopic (exact) mass is 366 g/mol. The lowest BCUT2D eigenvalue weighted by Crippen LogP contribution is -2.11. The smallest absolute Gasteiger partial charge is 0.338 e. The number of carbonyl (C=O) groups is 1. The predicted molar refractivity (Wildman–Crippen MR) is 101 cm³/mol. The van der Waals surface area contributed by atoms with Crippen LogP contribution in [0.2, 0.25) is 0 Å². The maximum atomic E-state index is 12.5. The van der Waals surface area contributed by atoms with Crippen molar-refractivity contribution >= 4 is 5.97 Å². The van der Waals surface area contributed by atoms with Crippen LogP contribution in [0.25, 0.3) is 0 Å². The molecule has 1 heterocycles. The van der Waals surface area contributed by atoms with Crippen LogP contribution < -0.4 is 9.47 Å². The van der Waals surface area contributed by atoms with Gasteiger partial charge in [0.05, 0.1) is 19.8 Å². The van der Waals surface area contributed by atoms with Gasteiger partial charge in [-0.2, -0.15) is 0 Å². The Labute approximate surface area is 158 Å². The second kappa shape index (κ2) is 8.40. The largest absolute Gasteiger partial charge is 0.496 e. The number of esters is 1. The minimum atomic E-state index is -0.458. The van der Waals surface area contributed by atoms with E-state index in [1.54, 1.807) is 32.5 Å². The zero-order valence-corrected chi connectivity index (χ0v) is 15.6. The van der Waals surface area contributed by atoms with Crippen molar-refractivity contribution in [2.24, 2.45) is 0 Å². The highest BCUT2D eigenvalue weighted by Crippen LogP contribution is 2.29. The van der Waals surface area contributed by atoms with Crippen LogP contribution in [-0.2, 0) is 17.9 Å². The zero-order valence-electron chi connectivity index (χ0n) is 15.6. The van der Waals surface area contributed by atoms with Crippen molar-refractivity contribution in [2.75, 3.05) is 14.2 Å². The Bertz CT molecular complexity index is 894. The van der Waals surface area contributed by atoms with E-state index in [0.29, 0.717) is 29.4 Å². The van der Waals surface area contributed by atoms with E-state index < -0.39 is 5.97 Å². The van der Waals surface area contributed by atoms with Crippen LogP contribution in [0.4, 0.5) is 0 Å². The molecule has 3 aromatic rings. The van der Waals surface area contributed by atoms with Gasteiger partial charge in [-0.25, -0.2) is 9.78 Å². The van der Waals surface area contributed by atoms with Crippen LogP contribution in [0.3, 0.4) is 0 Å². The number of carbonyl (C=O) groups excluding carboxylic acids is 1. The van der Waals surface area contributed by atoms with Gasteiger partial charge in [0, 0.05) is 24.5 Å². The van der Waals surface area contributed by atoms with Gasteiger partial charge in [-0.05, 0) is 24.6 Å². The number of hydrogen-bond donors (Lipinski definition) is 0. The minimum Gasteiger partial charge on any atom is -0.496 e. The first-order valence-corrected chi connectivity index (χ1v) is 8.56. The molecule has 0 N–H and O–H groups in total. The molecule has 0 saturated heterocycles. The lowest BCUT2D eigenvalue weighted by atomic mass is 10.1. The highest BCUT2D eigenvalue weighted by Gasteiger charge is 2.16. The van der Waals surface area contributed by atoms with Crippen molar-refractivity contribution in [2.45, 2.75) is 20.1 Å². The molecule has 0 aliphatic heterocycles. The van der Waals surface area contributed by atoms with Gasteiger partial charge in [-0.15, -0.1) is 0 Å². The number of nitrogens with zero attached hydrogens (tertiary/aromatic N) is 2. The highest BCUT2D eigenvalue weighted by atomic mass is 16.5. The van der Waals surface area contributed by atoms with E-state index in [9.17, 15) is 4.79 Å². The number of benzene rings is 2. The molecule has 3 rings (SSSR count). The number of imidazole rings is 1. The molecule has 0 fully saturated rings. The van der Waals surface area contributed by atoms with Crippen LogP contribution in [0, 0.1) is 6.92 Å². The van der Waals surface area contributed by atoms with E-state index in [2.05, 4.69) is 4.98 Å². The van der Waals surface area contributed by atoms with E-state index in [-0.39, 0.29) is 6.61 Å². The standard InChI is InChI=1S/C21H22N2O4/c1-15-18(25-2)11-17(12-19(15)26-3)21(24)27-14-20-22-9-10-23(20)13-16-7-5-4-6-8-16/h4-12H,13-14H2,1-3H3. The molecule has 0 aliphatic carbocycles. The predicted octanol–water partition coefficient (Wildman–Crippen LogP) is 3.61. The van der Waals surface area contributed by atoms with Gasteiger partial charge in [0.25, 0.3) is 0 Å². The summed E-state index contributed by atoms with van der Waals surface area (Å²) in [5, 5.41) is 0. The van der Waals surface area contributed by atoms with Gasteiger partial charge in [-0.1, -0.05) is 30.3 Å². The summed E-state index contributed by atoms with van der Waals surface area (Å²) in [4.78, 5) is 16.8. The third-order valence-corrected chi connectivity index (χ3v) is 4.32. The highest BCUT2D eigenvalue weighted by molar-refractivity contribution is 5.90. The van der Waals surface area contributed by atoms with Crippen molar-refractivity contribution in [3.63, 3.8) is 0 Å². The van der Waals surface area contributed by atoms with Crippen LogP contribution in [0.1, 0.15) is 27.3 Å². The van der Waals surface area contributed by atoms with Crippen molar-refractivity contribution in [3.8, 4) is 11.5 Å². The Morgan fingerprint density at radius 1 is 1.07 bits per heavy atom. The molecule has 140 valence electrons. The van der Waals surface area contributed by atoms with Crippen molar-refractivity contribution in [3.05, 3.63) is 77.4 Å². The molecule has 2 aromatic carbocycles. The Kier molecular flexibility index (Phi) is 5.76. The molecule has 0 saturated carbocycles. The van der Waals surface area contributed by atoms with E-state index in [1.807, 2.05) is 48.0 Å². The average molecular weight is 366 g/mol. The lowest BCUT2D eigenvalue weighted by molar-refractivity contribution is 0.0457. The topological polar surface area (TPSA) is 62.6 Å². The molecule has 0 aliphatic rings. The van der Waals surface area contributed by atoms with Gasteiger partial charge >= 0.3 is 5.97 Å². The average Bonchev–Trinajstić information content (AvgIpc) is 3.14. The summed E-state index contributed by atoms with van der Waals surface area (Å²) in [6, 6.07) is 13.3. The number of methoxy groups -OCH3 is 2. The van der Waals surface area contributed by atoms with E-state index in [1.165, 1.54) is 0 Å². The van der Waals surface area contributed by atoms with Gasteiger partial charge in [-0.3, -0.25) is 0 Å². The van der Waals surface area contributed by atoms with Crippen molar-refractivity contribution in [1.29, 1.82) is 0 Å². The van der Waals surface area contributed by atoms with Crippen LogP contribution >= 0.6 is 0 Å². The first-order chi connectivity index (χ1) is 13.1. The maximum Gasteiger partial charge on any atom is 0.338 e. The van der Waals surface area contributed by atoms with Gasteiger partial charge in [0.15, 0.2) is 0 Å². The molecule has 0 spiro atoms. The molecule has 0 bridgehead atoms. The molecule has 27 heavy (non-hydrogen) atoms. The number of rotatable bonds is 7. The molecule has 0 atom stereocenters. The minimum absolute atomic E-state index is 0.0805. The molecule has 0 amide bonds. The quantitative estimate of drug-likeness (QED) is 0.598. The van der Waals surface area contributed by atoms with E-state index in [0.717, 1.165) is 11.1 Å². The van der Waals surface area contributed by atoms with E-state index >= 15 is 0 Å².